The van der Waals surface area contributed by atoms with Crippen LogP contribution in [0.1, 0.15) is 29.5 Å². The van der Waals surface area contributed by atoms with Crippen LogP contribution in [0, 0.1) is 0 Å². The third kappa shape index (κ3) is 2.23. The molecule has 0 unspecified atom stereocenters. The standard InChI is InChI=1S/C14H18O3/c1-16-8-7-10-9-13(17-2)11-5-3-4-6-12(11)14(10)15/h7-9,15H,3-6H2,1-2H3/b8-7-. The van der Waals surface area contributed by atoms with E-state index in [9.17, 15) is 5.11 Å². The lowest BCUT2D eigenvalue weighted by Crippen LogP contribution is -2.06. The van der Waals surface area contributed by atoms with E-state index in [-0.39, 0.29) is 0 Å². The van der Waals surface area contributed by atoms with Crippen molar-refractivity contribution in [3.63, 3.8) is 0 Å². The highest BCUT2D eigenvalue weighted by molar-refractivity contribution is 5.65. The Bertz CT molecular complexity index is 436. The quantitative estimate of drug-likeness (QED) is 0.817. The molecule has 0 saturated carbocycles. The average Bonchev–Trinajstić information content (AvgIpc) is 2.38. The number of fused-ring (bicyclic) bond motifs is 1. The molecule has 0 atom stereocenters. The molecule has 3 heteroatoms. The normalized spacial score (nSPS) is 14.7. The van der Waals surface area contributed by atoms with Crippen molar-refractivity contribution in [3.05, 3.63) is 29.0 Å². The third-order valence-corrected chi connectivity index (χ3v) is 3.21. The molecule has 0 amide bonds. The Morgan fingerprint density at radius 2 is 1.88 bits per heavy atom. The Morgan fingerprint density at radius 1 is 1.18 bits per heavy atom. The van der Waals surface area contributed by atoms with E-state index in [1.807, 2.05) is 6.07 Å². The lowest BCUT2D eigenvalue weighted by molar-refractivity contribution is 0.341. The Balaban J connectivity index is 2.52. The summed E-state index contributed by atoms with van der Waals surface area (Å²) < 4.78 is 10.3. The number of aromatic hydroxyl groups is 1. The van der Waals surface area contributed by atoms with E-state index in [0.717, 1.165) is 48.1 Å². The van der Waals surface area contributed by atoms with E-state index >= 15 is 0 Å². The second-order valence-corrected chi connectivity index (χ2v) is 4.22. The summed E-state index contributed by atoms with van der Waals surface area (Å²) in [5.41, 5.74) is 2.95. The minimum Gasteiger partial charge on any atom is -0.507 e. The number of benzene rings is 1. The zero-order chi connectivity index (χ0) is 12.3. The van der Waals surface area contributed by atoms with Gasteiger partial charge in [-0.2, -0.15) is 0 Å². The van der Waals surface area contributed by atoms with E-state index in [1.165, 1.54) is 0 Å². The van der Waals surface area contributed by atoms with Crippen molar-refractivity contribution in [1.29, 1.82) is 0 Å². The van der Waals surface area contributed by atoms with Crippen LogP contribution in [0.15, 0.2) is 12.3 Å². The van der Waals surface area contributed by atoms with Gasteiger partial charge < -0.3 is 14.6 Å². The summed E-state index contributed by atoms with van der Waals surface area (Å²) in [6.45, 7) is 0. The number of phenolic OH excluding ortho intramolecular Hbond substituents is 1. The monoisotopic (exact) mass is 234 g/mol. The van der Waals surface area contributed by atoms with Crippen molar-refractivity contribution in [2.75, 3.05) is 14.2 Å². The largest absolute Gasteiger partial charge is 0.507 e. The summed E-state index contributed by atoms with van der Waals surface area (Å²) in [7, 11) is 3.26. The number of hydrogen-bond acceptors (Lipinski definition) is 3. The molecule has 2 rings (SSSR count). The van der Waals surface area contributed by atoms with Crippen LogP contribution in [0.2, 0.25) is 0 Å². The third-order valence-electron chi connectivity index (χ3n) is 3.21. The highest BCUT2D eigenvalue weighted by Gasteiger charge is 2.19. The summed E-state index contributed by atoms with van der Waals surface area (Å²) in [4.78, 5) is 0. The lowest BCUT2D eigenvalue weighted by Gasteiger charge is -2.21. The average molecular weight is 234 g/mol. The van der Waals surface area contributed by atoms with Crippen LogP contribution < -0.4 is 4.74 Å². The van der Waals surface area contributed by atoms with Gasteiger partial charge in [0.05, 0.1) is 20.5 Å². The molecular formula is C14H18O3. The Morgan fingerprint density at radius 3 is 2.53 bits per heavy atom. The maximum Gasteiger partial charge on any atom is 0.126 e. The molecule has 0 aliphatic heterocycles. The molecule has 92 valence electrons. The summed E-state index contributed by atoms with van der Waals surface area (Å²) in [5.74, 6) is 1.24. The molecule has 0 heterocycles. The van der Waals surface area contributed by atoms with Gasteiger partial charge in [0, 0.05) is 16.7 Å². The molecule has 17 heavy (non-hydrogen) atoms. The highest BCUT2D eigenvalue weighted by Crippen LogP contribution is 2.38. The topological polar surface area (TPSA) is 38.7 Å². The second kappa shape index (κ2) is 5.13. The van der Waals surface area contributed by atoms with Crippen molar-refractivity contribution < 1.29 is 14.6 Å². The fourth-order valence-corrected chi connectivity index (χ4v) is 2.36. The second-order valence-electron chi connectivity index (χ2n) is 4.22. The highest BCUT2D eigenvalue weighted by atomic mass is 16.5. The molecule has 0 aromatic heterocycles. The van der Waals surface area contributed by atoms with E-state index < -0.39 is 0 Å². The molecule has 0 saturated heterocycles. The molecule has 0 spiro atoms. The van der Waals surface area contributed by atoms with Gasteiger partial charge in [0.1, 0.15) is 11.5 Å². The summed E-state index contributed by atoms with van der Waals surface area (Å²) in [5, 5.41) is 10.2. The maximum atomic E-state index is 10.2. The van der Waals surface area contributed by atoms with Crippen molar-refractivity contribution in [2.24, 2.45) is 0 Å². The van der Waals surface area contributed by atoms with Crippen LogP contribution in [0.5, 0.6) is 11.5 Å². The van der Waals surface area contributed by atoms with Crippen LogP contribution >= 0.6 is 0 Å². The van der Waals surface area contributed by atoms with E-state index in [0.29, 0.717) is 5.75 Å². The van der Waals surface area contributed by atoms with Crippen LogP contribution in [0.3, 0.4) is 0 Å². The summed E-state index contributed by atoms with van der Waals surface area (Å²) >= 11 is 0. The molecule has 0 bridgehead atoms. The fourth-order valence-electron chi connectivity index (χ4n) is 2.36. The zero-order valence-electron chi connectivity index (χ0n) is 10.3. The molecule has 1 aromatic rings. The van der Waals surface area contributed by atoms with Crippen molar-refractivity contribution in [2.45, 2.75) is 25.7 Å². The molecule has 3 nitrogen and oxygen atoms in total. The molecule has 0 radical (unpaired) electrons. The minimum absolute atomic E-state index is 0.369. The van der Waals surface area contributed by atoms with Crippen LogP contribution in [-0.4, -0.2) is 19.3 Å². The predicted octanol–water partition coefficient (Wildman–Crippen LogP) is 2.90. The Hall–Kier alpha value is -1.64. The molecule has 1 N–H and O–H groups in total. The first kappa shape index (κ1) is 11.8. The maximum absolute atomic E-state index is 10.2. The van der Waals surface area contributed by atoms with Gasteiger partial charge >= 0.3 is 0 Å². The number of methoxy groups -OCH3 is 2. The van der Waals surface area contributed by atoms with E-state index in [1.54, 1.807) is 26.6 Å². The fraction of sp³-hybridized carbons (Fsp3) is 0.429. The van der Waals surface area contributed by atoms with E-state index in [4.69, 9.17) is 9.47 Å². The van der Waals surface area contributed by atoms with Gasteiger partial charge in [0.2, 0.25) is 0 Å². The molecule has 1 aliphatic carbocycles. The number of phenols is 1. The Kier molecular flexibility index (Phi) is 3.57. The molecular weight excluding hydrogens is 216 g/mol. The van der Waals surface area contributed by atoms with Crippen molar-refractivity contribution in [1.82, 2.24) is 0 Å². The van der Waals surface area contributed by atoms with Gasteiger partial charge in [-0.25, -0.2) is 0 Å². The van der Waals surface area contributed by atoms with Crippen LogP contribution in [-0.2, 0) is 17.6 Å². The predicted molar refractivity (Wildman–Crippen MR) is 67.3 cm³/mol. The summed E-state index contributed by atoms with van der Waals surface area (Å²) in [6.07, 6.45) is 7.51. The van der Waals surface area contributed by atoms with Gasteiger partial charge in [0.25, 0.3) is 0 Å². The Labute approximate surface area is 102 Å². The van der Waals surface area contributed by atoms with Crippen molar-refractivity contribution >= 4 is 6.08 Å². The van der Waals surface area contributed by atoms with Gasteiger partial charge in [-0.1, -0.05) is 0 Å². The minimum atomic E-state index is 0.369. The smallest absolute Gasteiger partial charge is 0.126 e. The SMILES string of the molecule is CO/C=C\c1cc(OC)c2c(c1O)CCCC2. The van der Waals surface area contributed by atoms with Gasteiger partial charge in [-0.15, -0.1) is 0 Å². The zero-order valence-corrected chi connectivity index (χ0v) is 10.3. The number of rotatable bonds is 3. The molecule has 1 aromatic carbocycles. The van der Waals surface area contributed by atoms with Crippen LogP contribution in [0.25, 0.3) is 6.08 Å². The first-order valence-electron chi connectivity index (χ1n) is 5.89. The van der Waals surface area contributed by atoms with E-state index in [2.05, 4.69) is 0 Å². The first-order chi connectivity index (χ1) is 8.27. The number of ether oxygens (including phenoxy) is 2. The molecule has 0 fully saturated rings. The summed E-state index contributed by atoms with van der Waals surface area (Å²) in [6, 6.07) is 1.87. The van der Waals surface area contributed by atoms with Gasteiger partial charge in [-0.05, 0) is 37.8 Å². The van der Waals surface area contributed by atoms with Gasteiger partial charge in [0.15, 0.2) is 0 Å². The first-order valence-corrected chi connectivity index (χ1v) is 5.89. The lowest BCUT2D eigenvalue weighted by atomic mass is 9.88. The molecule has 1 aliphatic rings. The van der Waals surface area contributed by atoms with Gasteiger partial charge in [-0.3, -0.25) is 0 Å². The van der Waals surface area contributed by atoms with Crippen molar-refractivity contribution in [3.8, 4) is 11.5 Å². The van der Waals surface area contributed by atoms with Crippen LogP contribution in [0.4, 0.5) is 0 Å². The number of hydrogen-bond donors (Lipinski definition) is 1.